The SMILES string of the molecule is CCC(C)N(Cc1cccn1Cc1cccc(OC)c1)C(=O)CN(C(=O)c1ccc(F)cc1)C(C)C. The Bertz CT molecular complexity index is 1160. The van der Waals surface area contributed by atoms with Crippen molar-refractivity contribution in [1.82, 2.24) is 14.4 Å². The van der Waals surface area contributed by atoms with Gasteiger partial charge in [0.05, 0.1) is 13.7 Å². The van der Waals surface area contributed by atoms with Crippen molar-refractivity contribution in [1.29, 1.82) is 0 Å². The molecule has 3 rings (SSSR count). The lowest BCUT2D eigenvalue weighted by Crippen LogP contribution is -2.48. The summed E-state index contributed by atoms with van der Waals surface area (Å²) in [4.78, 5) is 30.1. The zero-order chi connectivity index (χ0) is 26.2. The fourth-order valence-electron chi connectivity index (χ4n) is 4.08. The number of carbonyl (C=O) groups excluding carboxylic acids is 2. The predicted molar refractivity (Wildman–Crippen MR) is 139 cm³/mol. The van der Waals surface area contributed by atoms with Gasteiger partial charge in [-0.1, -0.05) is 19.1 Å². The number of amides is 2. The van der Waals surface area contributed by atoms with Crippen LogP contribution in [0.2, 0.25) is 0 Å². The number of benzene rings is 2. The average Bonchev–Trinajstić information content (AvgIpc) is 3.31. The smallest absolute Gasteiger partial charge is 0.254 e. The van der Waals surface area contributed by atoms with Gasteiger partial charge in [0.15, 0.2) is 0 Å². The molecule has 0 fully saturated rings. The Morgan fingerprint density at radius 1 is 1.00 bits per heavy atom. The van der Waals surface area contributed by atoms with Crippen LogP contribution in [0.5, 0.6) is 5.75 Å². The van der Waals surface area contributed by atoms with Crippen molar-refractivity contribution >= 4 is 11.8 Å². The molecule has 192 valence electrons. The number of rotatable bonds is 11. The number of carbonyl (C=O) groups is 2. The molecule has 0 bridgehead atoms. The summed E-state index contributed by atoms with van der Waals surface area (Å²) >= 11 is 0. The first-order valence-corrected chi connectivity index (χ1v) is 12.4. The molecule has 0 saturated carbocycles. The molecule has 0 radical (unpaired) electrons. The van der Waals surface area contributed by atoms with Crippen LogP contribution in [-0.2, 0) is 17.9 Å². The summed E-state index contributed by atoms with van der Waals surface area (Å²) in [7, 11) is 1.65. The molecule has 0 N–H and O–H groups in total. The van der Waals surface area contributed by atoms with Gasteiger partial charge >= 0.3 is 0 Å². The monoisotopic (exact) mass is 493 g/mol. The van der Waals surface area contributed by atoms with E-state index in [4.69, 9.17) is 4.74 Å². The molecular weight excluding hydrogens is 457 g/mol. The number of methoxy groups -OCH3 is 1. The largest absolute Gasteiger partial charge is 0.497 e. The van der Waals surface area contributed by atoms with Gasteiger partial charge < -0.3 is 19.1 Å². The van der Waals surface area contributed by atoms with Crippen molar-refractivity contribution in [3.05, 3.63) is 89.5 Å². The third kappa shape index (κ3) is 6.74. The maximum Gasteiger partial charge on any atom is 0.254 e. The molecule has 0 saturated heterocycles. The van der Waals surface area contributed by atoms with Crippen LogP contribution in [-0.4, -0.2) is 51.9 Å². The first kappa shape index (κ1) is 27.0. The summed E-state index contributed by atoms with van der Waals surface area (Å²) in [6.07, 6.45) is 2.79. The highest BCUT2D eigenvalue weighted by Crippen LogP contribution is 2.18. The maximum absolute atomic E-state index is 13.6. The average molecular weight is 494 g/mol. The molecule has 2 amide bonds. The summed E-state index contributed by atoms with van der Waals surface area (Å²) in [6.45, 7) is 8.86. The topological polar surface area (TPSA) is 54.8 Å². The van der Waals surface area contributed by atoms with Gasteiger partial charge in [-0.2, -0.15) is 0 Å². The van der Waals surface area contributed by atoms with E-state index in [0.717, 1.165) is 23.4 Å². The summed E-state index contributed by atoms with van der Waals surface area (Å²) < 4.78 is 20.8. The molecule has 7 heteroatoms. The Balaban J connectivity index is 1.79. The molecule has 1 heterocycles. The number of aromatic nitrogens is 1. The standard InChI is InChI=1S/C29H36FN3O3/c1-6-22(4)33(19-26-10-8-16-31(26)18-23-9-7-11-27(17-23)36-5)28(34)20-32(21(2)3)29(35)24-12-14-25(30)15-13-24/h7-17,21-22H,6,18-20H2,1-5H3. The van der Waals surface area contributed by atoms with Crippen LogP contribution >= 0.6 is 0 Å². The van der Waals surface area contributed by atoms with Gasteiger partial charge in [-0.25, -0.2) is 4.39 Å². The second kappa shape index (κ2) is 12.4. The number of hydrogen-bond donors (Lipinski definition) is 0. The Hall–Kier alpha value is -3.61. The van der Waals surface area contributed by atoms with E-state index in [1.54, 1.807) is 12.0 Å². The van der Waals surface area contributed by atoms with Gasteiger partial charge in [0.25, 0.3) is 5.91 Å². The lowest BCUT2D eigenvalue weighted by Gasteiger charge is -2.33. The Morgan fingerprint density at radius 2 is 1.72 bits per heavy atom. The molecule has 3 aromatic rings. The van der Waals surface area contributed by atoms with Crippen molar-refractivity contribution < 1.29 is 18.7 Å². The summed E-state index contributed by atoms with van der Waals surface area (Å²) in [5, 5.41) is 0. The molecule has 0 aliphatic heterocycles. The van der Waals surface area contributed by atoms with Crippen LogP contribution in [0.15, 0.2) is 66.9 Å². The number of hydrogen-bond acceptors (Lipinski definition) is 3. The lowest BCUT2D eigenvalue weighted by atomic mass is 10.1. The quantitative estimate of drug-likeness (QED) is 0.361. The van der Waals surface area contributed by atoms with Crippen LogP contribution in [0.25, 0.3) is 0 Å². The van der Waals surface area contributed by atoms with E-state index < -0.39 is 5.82 Å². The predicted octanol–water partition coefficient (Wildman–Crippen LogP) is 5.36. The molecule has 36 heavy (non-hydrogen) atoms. The minimum Gasteiger partial charge on any atom is -0.497 e. The Morgan fingerprint density at radius 3 is 2.36 bits per heavy atom. The number of nitrogens with zero attached hydrogens (tertiary/aromatic N) is 3. The van der Waals surface area contributed by atoms with Crippen LogP contribution in [0.4, 0.5) is 4.39 Å². The van der Waals surface area contributed by atoms with Gasteiger partial charge in [-0.05, 0) is 81.3 Å². The van der Waals surface area contributed by atoms with Gasteiger partial charge in [0, 0.05) is 36.1 Å². The highest BCUT2D eigenvalue weighted by atomic mass is 19.1. The molecular formula is C29H36FN3O3. The first-order valence-electron chi connectivity index (χ1n) is 12.4. The van der Waals surface area contributed by atoms with Gasteiger partial charge in [0.1, 0.15) is 18.1 Å². The summed E-state index contributed by atoms with van der Waals surface area (Å²) in [6, 6.07) is 17.2. The summed E-state index contributed by atoms with van der Waals surface area (Å²) in [5.74, 6) is -0.0117. The molecule has 0 aliphatic carbocycles. The van der Waals surface area contributed by atoms with Crippen molar-refractivity contribution in [2.45, 2.75) is 59.3 Å². The van der Waals surface area contributed by atoms with Gasteiger partial charge in [0.2, 0.25) is 5.91 Å². The van der Waals surface area contributed by atoms with Gasteiger partial charge in [-0.15, -0.1) is 0 Å². The minimum absolute atomic E-state index is 0.00685. The van der Waals surface area contributed by atoms with E-state index >= 15 is 0 Å². The highest BCUT2D eigenvalue weighted by Gasteiger charge is 2.27. The normalized spacial score (nSPS) is 11.9. The third-order valence-corrected chi connectivity index (χ3v) is 6.47. The van der Waals surface area contributed by atoms with E-state index in [9.17, 15) is 14.0 Å². The maximum atomic E-state index is 13.6. The van der Waals surface area contributed by atoms with E-state index in [-0.39, 0.29) is 30.4 Å². The molecule has 2 aromatic carbocycles. The van der Waals surface area contributed by atoms with Crippen LogP contribution < -0.4 is 4.74 Å². The van der Waals surface area contributed by atoms with E-state index in [1.807, 2.05) is 75.2 Å². The molecule has 1 atom stereocenters. The zero-order valence-electron chi connectivity index (χ0n) is 21.8. The Labute approximate surface area is 213 Å². The van der Waals surface area contributed by atoms with E-state index in [0.29, 0.717) is 18.7 Å². The van der Waals surface area contributed by atoms with Crippen LogP contribution in [0.3, 0.4) is 0 Å². The van der Waals surface area contributed by atoms with Crippen molar-refractivity contribution in [2.24, 2.45) is 0 Å². The fraction of sp³-hybridized carbons (Fsp3) is 0.379. The molecule has 0 aliphatic rings. The molecule has 1 unspecified atom stereocenters. The number of ether oxygens (including phenoxy) is 1. The fourth-order valence-corrected chi connectivity index (χ4v) is 4.08. The Kier molecular flexibility index (Phi) is 9.28. The second-order valence-corrected chi connectivity index (χ2v) is 9.29. The van der Waals surface area contributed by atoms with Crippen LogP contribution in [0.1, 0.15) is 55.7 Å². The van der Waals surface area contributed by atoms with E-state index in [1.165, 1.54) is 24.3 Å². The third-order valence-electron chi connectivity index (χ3n) is 6.47. The van der Waals surface area contributed by atoms with Gasteiger partial charge in [-0.3, -0.25) is 9.59 Å². The second-order valence-electron chi connectivity index (χ2n) is 9.29. The van der Waals surface area contributed by atoms with Crippen molar-refractivity contribution in [2.75, 3.05) is 13.7 Å². The van der Waals surface area contributed by atoms with Crippen molar-refractivity contribution in [3.63, 3.8) is 0 Å². The summed E-state index contributed by atoms with van der Waals surface area (Å²) in [5.41, 5.74) is 2.47. The highest BCUT2D eigenvalue weighted by molar-refractivity contribution is 5.96. The van der Waals surface area contributed by atoms with E-state index in [2.05, 4.69) is 4.57 Å². The van der Waals surface area contributed by atoms with Crippen LogP contribution in [0, 0.1) is 5.82 Å². The molecule has 1 aromatic heterocycles. The first-order chi connectivity index (χ1) is 17.2. The van der Waals surface area contributed by atoms with Crippen molar-refractivity contribution in [3.8, 4) is 5.75 Å². The minimum atomic E-state index is -0.404. The zero-order valence-corrected chi connectivity index (χ0v) is 21.8. The molecule has 6 nitrogen and oxygen atoms in total. The molecule has 0 spiro atoms. The lowest BCUT2D eigenvalue weighted by molar-refractivity contribution is -0.135. The number of halogens is 1.